The van der Waals surface area contributed by atoms with Gasteiger partial charge in [-0.15, -0.1) is 0 Å². The minimum atomic E-state index is -0.950. The van der Waals surface area contributed by atoms with Gasteiger partial charge in [0.05, 0.1) is 0 Å². The normalized spacial score (nSPS) is 16.8. The lowest BCUT2D eigenvalue weighted by Gasteiger charge is -2.30. The third-order valence-corrected chi connectivity index (χ3v) is 3.55. The van der Waals surface area contributed by atoms with E-state index >= 15 is 0 Å². The lowest BCUT2D eigenvalue weighted by molar-refractivity contribution is -0.139. The Morgan fingerprint density at radius 3 is 2.56 bits per heavy atom. The second-order valence-corrected chi connectivity index (χ2v) is 5.16. The van der Waals surface area contributed by atoms with E-state index in [9.17, 15) is 9.59 Å². The molecule has 0 aromatic carbocycles. The van der Waals surface area contributed by atoms with Gasteiger partial charge in [0, 0.05) is 13.6 Å². The fourth-order valence-electron chi connectivity index (χ4n) is 2.07. The predicted molar refractivity (Wildman–Crippen MR) is 69.5 cm³/mol. The van der Waals surface area contributed by atoms with Gasteiger partial charge in [0.25, 0.3) is 0 Å². The van der Waals surface area contributed by atoms with Gasteiger partial charge in [0.1, 0.15) is 6.04 Å². The number of nitrogens with zero attached hydrogens (tertiary/aromatic N) is 1. The molecule has 5 heteroatoms. The Kier molecular flexibility index (Phi) is 5.95. The van der Waals surface area contributed by atoms with Crippen LogP contribution in [0.25, 0.3) is 0 Å². The van der Waals surface area contributed by atoms with E-state index in [4.69, 9.17) is 5.11 Å². The minimum Gasteiger partial charge on any atom is -0.480 e. The van der Waals surface area contributed by atoms with E-state index in [-0.39, 0.29) is 6.03 Å². The van der Waals surface area contributed by atoms with Crippen molar-refractivity contribution in [1.82, 2.24) is 10.2 Å². The van der Waals surface area contributed by atoms with Gasteiger partial charge in [-0.1, -0.05) is 26.2 Å². The van der Waals surface area contributed by atoms with Crippen LogP contribution in [0.4, 0.5) is 4.79 Å². The van der Waals surface area contributed by atoms with Crippen LogP contribution in [0.5, 0.6) is 0 Å². The summed E-state index contributed by atoms with van der Waals surface area (Å²) in [6.45, 7) is 2.73. The van der Waals surface area contributed by atoms with E-state index in [0.717, 1.165) is 19.4 Å². The molecule has 0 aromatic rings. The van der Waals surface area contributed by atoms with Crippen LogP contribution < -0.4 is 5.32 Å². The Balaban J connectivity index is 2.36. The molecule has 1 rings (SSSR count). The summed E-state index contributed by atoms with van der Waals surface area (Å²) >= 11 is 0. The van der Waals surface area contributed by atoms with Crippen LogP contribution in [0.2, 0.25) is 0 Å². The Labute approximate surface area is 109 Å². The largest absolute Gasteiger partial charge is 0.480 e. The molecule has 1 atom stereocenters. The van der Waals surface area contributed by atoms with Gasteiger partial charge in [-0.05, 0) is 25.2 Å². The molecule has 1 aliphatic rings. The first-order valence-corrected chi connectivity index (χ1v) is 6.79. The molecule has 0 heterocycles. The Morgan fingerprint density at radius 2 is 2.11 bits per heavy atom. The van der Waals surface area contributed by atoms with Crippen LogP contribution in [-0.2, 0) is 4.79 Å². The summed E-state index contributed by atoms with van der Waals surface area (Å²) in [6, 6.07) is -1.04. The first-order chi connectivity index (χ1) is 8.54. The number of amides is 2. The Hall–Kier alpha value is -1.26. The Morgan fingerprint density at radius 1 is 1.44 bits per heavy atom. The average molecular weight is 256 g/mol. The highest BCUT2D eigenvalue weighted by Crippen LogP contribution is 2.26. The van der Waals surface area contributed by atoms with E-state index in [1.807, 2.05) is 6.92 Å². The first-order valence-electron chi connectivity index (χ1n) is 6.79. The molecule has 5 nitrogen and oxygen atoms in total. The zero-order valence-electron chi connectivity index (χ0n) is 11.3. The minimum absolute atomic E-state index is 0.273. The van der Waals surface area contributed by atoms with Crippen LogP contribution in [0.1, 0.15) is 45.4 Å². The van der Waals surface area contributed by atoms with Crippen LogP contribution >= 0.6 is 0 Å². The summed E-state index contributed by atoms with van der Waals surface area (Å²) in [7, 11) is 1.73. The molecule has 0 unspecified atom stereocenters. The lowest BCUT2D eigenvalue weighted by atomic mass is 9.85. The van der Waals surface area contributed by atoms with E-state index < -0.39 is 12.0 Å². The number of carboxylic acid groups (broad SMARTS) is 1. The van der Waals surface area contributed by atoms with E-state index in [1.165, 1.54) is 19.3 Å². The standard InChI is InChI=1S/C13H24N2O3/c1-3-4-8-11(12(16)17)14-13(18)15(2)9-10-6-5-7-10/h10-11H,3-9H2,1-2H3,(H,14,18)(H,16,17)/t11-/m0/s1. The van der Waals surface area contributed by atoms with Gasteiger partial charge >= 0.3 is 12.0 Å². The lowest BCUT2D eigenvalue weighted by Crippen LogP contribution is -2.48. The molecule has 0 aliphatic heterocycles. The van der Waals surface area contributed by atoms with Crippen molar-refractivity contribution in [2.24, 2.45) is 5.92 Å². The van der Waals surface area contributed by atoms with Crippen molar-refractivity contribution >= 4 is 12.0 Å². The molecule has 0 spiro atoms. The van der Waals surface area contributed by atoms with Gasteiger partial charge in [-0.25, -0.2) is 9.59 Å². The third kappa shape index (κ3) is 4.55. The van der Waals surface area contributed by atoms with Crippen molar-refractivity contribution in [3.8, 4) is 0 Å². The van der Waals surface area contributed by atoms with E-state index in [0.29, 0.717) is 12.3 Å². The smallest absolute Gasteiger partial charge is 0.326 e. The summed E-state index contributed by atoms with van der Waals surface area (Å²) in [5, 5.41) is 11.6. The second kappa shape index (κ2) is 7.24. The topological polar surface area (TPSA) is 69.6 Å². The maximum atomic E-state index is 11.8. The molecule has 0 bridgehead atoms. The number of aliphatic carboxylic acids is 1. The molecule has 104 valence electrons. The summed E-state index contributed by atoms with van der Waals surface area (Å²) < 4.78 is 0. The maximum Gasteiger partial charge on any atom is 0.326 e. The van der Waals surface area contributed by atoms with Crippen molar-refractivity contribution in [2.45, 2.75) is 51.5 Å². The molecule has 0 aromatic heterocycles. The zero-order valence-corrected chi connectivity index (χ0v) is 11.3. The van der Waals surface area contributed by atoms with Crippen molar-refractivity contribution in [1.29, 1.82) is 0 Å². The molecule has 18 heavy (non-hydrogen) atoms. The highest BCUT2D eigenvalue weighted by molar-refractivity contribution is 5.82. The zero-order chi connectivity index (χ0) is 13.5. The second-order valence-electron chi connectivity index (χ2n) is 5.16. The number of hydrogen-bond acceptors (Lipinski definition) is 2. The number of rotatable bonds is 7. The van der Waals surface area contributed by atoms with Crippen LogP contribution in [0, 0.1) is 5.92 Å². The molecule has 1 aliphatic carbocycles. The number of urea groups is 1. The molecular weight excluding hydrogens is 232 g/mol. The SMILES string of the molecule is CCCC[C@H](NC(=O)N(C)CC1CCC1)C(=O)O. The van der Waals surface area contributed by atoms with Crippen molar-refractivity contribution in [3.63, 3.8) is 0 Å². The first kappa shape index (κ1) is 14.8. The van der Waals surface area contributed by atoms with E-state index in [1.54, 1.807) is 11.9 Å². The van der Waals surface area contributed by atoms with Crippen molar-refractivity contribution in [3.05, 3.63) is 0 Å². The molecule has 2 amide bonds. The number of carboxylic acids is 1. The number of unbranched alkanes of at least 4 members (excludes halogenated alkanes) is 1. The molecule has 1 fully saturated rings. The van der Waals surface area contributed by atoms with E-state index in [2.05, 4.69) is 5.32 Å². The fraction of sp³-hybridized carbons (Fsp3) is 0.846. The monoisotopic (exact) mass is 256 g/mol. The van der Waals surface area contributed by atoms with Crippen LogP contribution in [-0.4, -0.2) is 41.6 Å². The van der Waals surface area contributed by atoms with Gasteiger partial charge in [0.15, 0.2) is 0 Å². The van der Waals surface area contributed by atoms with Crippen molar-refractivity contribution in [2.75, 3.05) is 13.6 Å². The molecule has 0 radical (unpaired) electrons. The predicted octanol–water partition coefficient (Wildman–Crippen LogP) is 2.07. The fourth-order valence-corrected chi connectivity index (χ4v) is 2.07. The summed E-state index contributed by atoms with van der Waals surface area (Å²) in [5.74, 6) is -0.353. The van der Waals surface area contributed by atoms with Crippen molar-refractivity contribution < 1.29 is 14.7 Å². The molecule has 2 N–H and O–H groups in total. The highest BCUT2D eigenvalue weighted by atomic mass is 16.4. The molecule has 0 saturated heterocycles. The number of carbonyl (C=O) groups excluding carboxylic acids is 1. The van der Waals surface area contributed by atoms with Gasteiger partial charge in [-0.3, -0.25) is 0 Å². The summed E-state index contributed by atoms with van der Waals surface area (Å²) in [6.07, 6.45) is 5.83. The van der Waals surface area contributed by atoms with Gasteiger partial charge in [0.2, 0.25) is 0 Å². The maximum absolute atomic E-state index is 11.8. The number of nitrogens with one attached hydrogen (secondary N) is 1. The molecular formula is C13H24N2O3. The quantitative estimate of drug-likeness (QED) is 0.732. The van der Waals surface area contributed by atoms with Crippen LogP contribution in [0.15, 0.2) is 0 Å². The Bertz CT molecular complexity index is 290. The number of carbonyl (C=O) groups is 2. The third-order valence-electron chi connectivity index (χ3n) is 3.55. The van der Waals surface area contributed by atoms with Gasteiger partial charge < -0.3 is 15.3 Å². The summed E-state index contributed by atoms with van der Waals surface area (Å²) in [5.41, 5.74) is 0. The number of hydrogen-bond donors (Lipinski definition) is 2. The van der Waals surface area contributed by atoms with Gasteiger partial charge in [-0.2, -0.15) is 0 Å². The summed E-state index contributed by atoms with van der Waals surface area (Å²) in [4.78, 5) is 24.5. The molecule has 1 saturated carbocycles. The average Bonchev–Trinajstić information content (AvgIpc) is 2.28. The van der Waals surface area contributed by atoms with Crippen LogP contribution in [0.3, 0.4) is 0 Å². The highest BCUT2D eigenvalue weighted by Gasteiger charge is 2.24.